The normalized spacial score (nSPS) is 26.4. The third-order valence-electron chi connectivity index (χ3n) is 12.2. The Hall–Kier alpha value is -4.83. The molecule has 56 heavy (non-hydrogen) atoms. The Morgan fingerprint density at radius 3 is 2.52 bits per heavy atom. The van der Waals surface area contributed by atoms with Gasteiger partial charge in [-0.3, -0.25) is 19.1 Å². The van der Waals surface area contributed by atoms with Crippen LogP contribution in [0.4, 0.5) is 0 Å². The fourth-order valence-electron chi connectivity index (χ4n) is 8.78. The molecule has 3 heterocycles. The van der Waals surface area contributed by atoms with Crippen molar-refractivity contribution in [2.45, 2.75) is 102 Å². The highest BCUT2D eigenvalue weighted by Crippen LogP contribution is 2.57. The molecule has 5 atom stereocenters. The fourth-order valence-corrected chi connectivity index (χ4v) is 10.2. The quantitative estimate of drug-likeness (QED) is 0.181. The first-order valence-electron chi connectivity index (χ1n) is 20.2. The zero-order valence-electron chi connectivity index (χ0n) is 32.3. The summed E-state index contributed by atoms with van der Waals surface area (Å²) in [5, 5.41) is 0.283. The van der Waals surface area contributed by atoms with E-state index in [2.05, 4.69) is 22.9 Å². The molecule has 9 nitrogen and oxygen atoms in total. The largest absolute Gasteiger partial charge is 0.488 e. The molecule has 2 aliphatic heterocycles. The van der Waals surface area contributed by atoms with Gasteiger partial charge < -0.3 is 9.64 Å². The number of nitrogens with one attached hydrogen (secondary N) is 1. The van der Waals surface area contributed by atoms with Crippen LogP contribution in [0.3, 0.4) is 0 Å². The summed E-state index contributed by atoms with van der Waals surface area (Å²) in [5.41, 5.74) is 4.61. The first-order chi connectivity index (χ1) is 27.0. The summed E-state index contributed by atoms with van der Waals surface area (Å²) in [7, 11) is -3.81. The molecule has 0 bridgehead atoms. The molecule has 0 spiro atoms. The summed E-state index contributed by atoms with van der Waals surface area (Å²) >= 11 is 0. The Kier molecular flexibility index (Phi) is 10.6. The van der Waals surface area contributed by atoms with Crippen molar-refractivity contribution in [1.29, 1.82) is 0 Å². The lowest BCUT2D eigenvalue weighted by Gasteiger charge is -2.29. The molecule has 0 radical (unpaired) electrons. The molecule has 10 heteroatoms. The number of allylic oxidation sites excluding steroid dienone is 2. The number of sulfonamides is 1. The fraction of sp³-hybridized carbons (Fsp3) is 0.435. The van der Waals surface area contributed by atoms with Crippen LogP contribution in [0.5, 0.6) is 5.75 Å². The van der Waals surface area contributed by atoms with Crippen molar-refractivity contribution in [3.05, 3.63) is 108 Å². The number of hydrogen-bond donors (Lipinski definition) is 1. The Bertz CT molecular complexity index is 2290. The minimum absolute atomic E-state index is 0.0775. The summed E-state index contributed by atoms with van der Waals surface area (Å²) in [6, 6.07) is 25.3. The number of ether oxygens (including phenoxy) is 1. The number of fused-ring (bicyclic) bond motifs is 3. The van der Waals surface area contributed by atoms with Crippen LogP contribution in [0.2, 0.25) is 0 Å². The van der Waals surface area contributed by atoms with E-state index < -0.39 is 38.7 Å². The molecular formula is C46H51N3O6S. The lowest BCUT2D eigenvalue weighted by Crippen LogP contribution is -2.46. The van der Waals surface area contributed by atoms with E-state index >= 15 is 0 Å². The van der Waals surface area contributed by atoms with Gasteiger partial charge in [0, 0.05) is 35.8 Å². The van der Waals surface area contributed by atoms with Gasteiger partial charge in [-0.15, -0.1) is 0 Å². The SMILES string of the molecule is Cc1cccc(C[C@H]2CCCCC/C=C\[C@H]3C[C@@]3(C(=O)NS(=O)(=O)C3CC3)CC(=O)[C@@H]3C[C@@H](Oc4cc(-c5ccccc5)nc5cc(C)ccc45)CN3C2=O)c1. The lowest BCUT2D eigenvalue weighted by atomic mass is 9.89. The molecule has 2 aliphatic carbocycles. The third-order valence-corrected chi connectivity index (χ3v) is 14.0. The van der Waals surface area contributed by atoms with Crippen LogP contribution in [0.1, 0.15) is 80.9 Å². The lowest BCUT2D eigenvalue weighted by molar-refractivity contribution is -0.142. The number of nitrogens with zero attached hydrogens (tertiary/aromatic N) is 2. The molecule has 1 aromatic heterocycles. The smallest absolute Gasteiger partial charge is 0.240 e. The first-order valence-corrected chi connectivity index (χ1v) is 21.8. The van der Waals surface area contributed by atoms with E-state index in [0.29, 0.717) is 37.9 Å². The summed E-state index contributed by atoms with van der Waals surface area (Å²) in [6.07, 6.45) is 9.98. The van der Waals surface area contributed by atoms with Crippen molar-refractivity contribution in [3.8, 4) is 17.0 Å². The van der Waals surface area contributed by atoms with Crippen LogP contribution in [0.15, 0.2) is 91.0 Å². The average molecular weight is 774 g/mol. The minimum atomic E-state index is -3.81. The van der Waals surface area contributed by atoms with Gasteiger partial charge in [0.25, 0.3) is 0 Å². The van der Waals surface area contributed by atoms with Crippen LogP contribution in [-0.2, 0) is 30.8 Å². The summed E-state index contributed by atoms with van der Waals surface area (Å²) in [5.74, 6) is -0.873. The predicted molar refractivity (Wildman–Crippen MR) is 217 cm³/mol. The number of aromatic nitrogens is 1. The van der Waals surface area contributed by atoms with Crippen molar-refractivity contribution in [1.82, 2.24) is 14.6 Å². The highest BCUT2D eigenvalue weighted by molar-refractivity contribution is 7.90. The molecule has 4 aliphatic rings. The van der Waals surface area contributed by atoms with E-state index in [0.717, 1.165) is 64.5 Å². The Morgan fingerprint density at radius 1 is 0.929 bits per heavy atom. The van der Waals surface area contributed by atoms with Gasteiger partial charge in [-0.1, -0.05) is 91.2 Å². The van der Waals surface area contributed by atoms with Crippen LogP contribution in [-0.4, -0.2) is 59.8 Å². The van der Waals surface area contributed by atoms with Gasteiger partial charge in [-0.05, 0) is 88.0 Å². The second kappa shape index (κ2) is 15.6. The van der Waals surface area contributed by atoms with Crippen LogP contribution >= 0.6 is 0 Å². The maximum absolute atomic E-state index is 14.9. The number of ketones is 1. The molecular weight excluding hydrogens is 723 g/mol. The number of aryl methyl sites for hydroxylation is 2. The predicted octanol–water partition coefficient (Wildman–Crippen LogP) is 7.82. The molecule has 2 saturated carbocycles. The zero-order chi connectivity index (χ0) is 39.0. The maximum Gasteiger partial charge on any atom is 0.240 e. The van der Waals surface area contributed by atoms with Crippen LogP contribution < -0.4 is 9.46 Å². The van der Waals surface area contributed by atoms with Crippen LogP contribution in [0, 0.1) is 31.1 Å². The molecule has 3 aromatic carbocycles. The standard InChI is InChI=1S/C46H51N3O6S/c1-30-12-11-13-32(22-30)24-34-16-7-4-3-5-10-17-35-27-46(35,45(52)48-56(53,54)37-19-20-37)28-42(50)41-25-36(29-49(41)44(34)51)55-43-26-39(33-14-8-6-9-15-33)47-40-23-31(2)18-21-38(40)43/h6,8-15,17-18,21-23,26,34-37,41H,3-5,7,16,19-20,24-25,27-29H2,1-2H3,(H,48,52)/b17-10-/t34-,35+,36-,41+,46-/m1/s1. The van der Waals surface area contributed by atoms with E-state index in [-0.39, 0.29) is 42.9 Å². The van der Waals surface area contributed by atoms with Crippen LogP contribution in [0.25, 0.3) is 22.2 Å². The number of amides is 2. The van der Waals surface area contributed by atoms with Crippen molar-refractivity contribution in [2.24, 2.45) is 17.3 Å². The van der Waals surface area contributed by atoms with E-state index in [9.17, 15) is 22.8 Å². The van der Waals surface area contributed by atoms with E-state index in [1.54, 1.807) is 4.90 Å². The molecule has 1 saturated heterocycles. The highest BCUT2D eigenvalue weighted by atomic mass is 32.2. The number of Topliss-reactive ketones (excluding diaryl/α,β-unsaturated/α-hetero) is 1. The first kappa shape index (κ1) is 38.1. The Balaban J connectivity index is 1.14. The average Bonchev–Trinajstić information content (AvgIpc) is 4.10. The molecule has 0 unspecified atom stereocenters. The molecule has 3 fully saturated rings. The van der Waals surface area contributed by atoms with Crippen molar-refractivity contribution in [2.75, 3.05) is 6.54 Å². The van der Waals surface area contributed by atoms with Gasteiger partial charge in [-0.25, -0.2) is 13.4 Å². The molecule has 2 amide bonds. The van der Waals surface area contributed by atoms with Crippen molar-refractivity contribution < 1.29 is 27.5 Å². The van der Waals surface area contributed by atoms with Gasteiger partial charge in [0.15, 0.2) is 5.78 Å². The van der Waals surface area contributed by atoms with Gasteiger partial charge in [0.2, 0.25) is 21.8 Å². The van der Waals surface area contributed by atoms with Gasteiger partial charge in [0.1, 0.15) is 11.9 Å². The summed E-state index contributed by atoms with van der Waals surface area (Å²) < 4.78 is 35.1. The van der Waals surface area contributed by atoms with Crippen molar-refractivity contribution >= 4 is 38.5 Å². The zero-order valence-corrected chi connectivity index (χ0v) is 33.1. The van der Waals surface area contributed by atoms with E-state index in [1.165, 1.54) is 0 Å². The van der Waals surface area contributed by atoms with E-state index in [4.69, 9.17) is 9.72 Å². The topological polar surface area (TPSA) is 123 Å². The number of carbonyl (C=O) groups is 3. The monoisotopic (exact) mass is 773 g/mol. The molecule has 8 rings (SSSR count). The third kappa shape index (κ3) is 8.17. The number of benzene rings is 3. The number of carbonyl (C=O) groups excluding carboxylic acids is 3. The molecule has 1 N–H and O–H groups in total. The molecule has 4 aromatic rings. The maximum atomic E-state index is 14.9. The number of rotatable bonds is 8. The van der Waals surface area contributed by atoms with Gasteiger partial charge >= 0.3 is 0 Å². The number of pyridine rings is 1. The number of hydrogen-bond acceptors (Lipinski definition) is 7. The van der Waals surface area contributed by atoms with Crippen molar-refractivity contribution in [3.63, 3.8) is 0 Å². The summed E-state index contributed by atoms with van der Waals surface area (Å²) in [4.78, 5) is 50.2. The molecule has 292 valence electrons. The minimum Gasteiger partial charge on any atom is -0.488 e. The summed E-state index contributed by atoms with van der Waals surface area (Å²) in [6.45, 7) is 4.29. The van der Waals surface area contributed by atoms with Gasteiger partial charge in [-0.2, -0.15) is 0 Å². The second-order valence-corrected chi connectivity index (χ2v) is 18.6. The van der Waals surface area contributed by atoms with E-state index in [1.807, 2.05) is 86.7 Å². The van der Waals surface area contributed by atoms with Gasteiger partial charge in [0.05, 0.1) is 34.5 Å². The highest BCUT2D eigenvalue weighted by Gasteiger charge is 2.61. The Morgan fingerprint density at radius 2 is 1.73 bits per heavy atom. The Labute approximate surface area is 330 Å². The second-order valence-electron chi connectivity index (χ2n) is 16.6.